The molecule has 2 aliphatic heterocycles. The Morgan fingerprint density at radius 1 is 1.16 bits per heavy atom. The molecule has 4 nitrogen and oxygen atoms in total. The molecule has 19 heavy (non-hydrogen) atoms. The molecular formula is C13H16N2O2S2. The van der Waals surface area contributed by atoms with Crippen LogP contribution in [-0.2, 0) is 9.84 Å². The molecule has 0 radical (unpaired) electrons. The standard InChI is InChI=1S/C13H16N2O2S2/c1-9-3-5-10(6-4-9)15-12-8-19(16,17)7-11(12)14(2)13(15)18/h3-6,11-12H,7-8H2,1-2H3. The van der Waals surface area contributed by atoms with Gasteiger partial charge in [0.05, 0.1) is 23.6 Å². The van der Waals surface area contributed by atoms with Crippen molar-refractivity contribution in [3.8, 4) is 0 Å². The van der Waals surface area contributed by atoms with Crippen LogP contribution in [0.15, 0.2) is 24.3 Å². The molecule has 0 bridgehead atoms. The molecule has 2 heterocycles. The molecular weight excluding hydrogens is 280 g/mol. The van der Waals surface area contributed by atoms with E-state index < -0.39 is 9.84 Å². The molecule has 2 unspecified atom stereocenters. The molecule has 0 amide bonds. The molecule has 102 valence electrons. The van der Waals surface area contributed by atoms with Gasteiger partial charge in [0, 0.05) is 12.7 Å². The van der Waals surface area contributed by atoms with Gasteiger partial charge in [-0.15, -0.1) is 0 Å². The van der Waals surface area contributed by atoms with Crippen molar-refractivity contribution in [3.05, 3.63) is 29.8 Å². The highest BCUT2D eigenvalue weighted by Crippen LogP contribution is 2.34. The van der Waals surface area contributed by atoms with Crippen molar-refractivity contribution in [3.63, 3.8) is 0 Å². The van der Waals surface area contributed by atoms with E-state index in [2.05, 4.69) is 0 Å². The Morgan fingerprint density at radius 3 is 2.37 bits per heavy atom. The first kappa shape index (κ1) is 12.9. The summed E-state index contributed by atoms with van der Waals surface area (Å²) >= 11 is 5.46. The van der Waals surface area contributed by atoms with Crippen LogP contribution in [0, 0.1) is 6.92 Å². The minimum atomic E-state index is -2.95. The van der Waals surface area contributed by atoms with Gasteiger partial charge in [-0.05, 0) is 31.3 Å². The third kappa shape index (κ3) is 2.03. The fourth-order valence-electron chi connectivity index (χ4n) is 2.89. The molecule has 0 aromatic heterocycles. The zero-order chi connectivity index (χ0) is 13.8. The van der Waals surface area contributed by atoms with E-state index in [1.165, 1.54) is 5.56 Å². The number of hydrogen-bond acceptors (Lipinski definition) is 3. The molecule has 6 heteroatoms. The lowest BCUT2D eigenvalue weighted by atomic mass is 10.1. The zero-order valence-corrected chi connectivity index (χ0v) is 12.5. The number of fused-ring (bicyclic) bond motifs is 1. The van der Waals surface area contributed by atoms with Crippen molar-refractivity contribution < 1.29 is 8.42 Å². The number of nitrogens with zero attached hydrogens (tertiary/aromatic N) is 2. The SMILES string of the molecule is Cc1ccc(N2C(=S)N(C)C3CS(=O)(=O)CC32)cc1. The fraction of sp³-hybridized carbons (Fsp3) is 0.462. The molecule has 1 aromatic rings. The van der Waals surface area contributed by atoms with Gasteiger partial charge in [0.15, 0.2) is 14.9 Å². The second kappa shape index (κ2) is 4.18. The quantitative estimate of drug-likeness (QED) is 0.728. The van der Waals surface area contributed by atoms with Crippen molar-refractivity contribution >= 4 is 32.9 Å². The summed E-state index contributed by atoms with van der Waals surface area (Å²) in [5, 5.41) is 0.716. The number of hydrogen-bond donors (Lipinski definition) is 0. The van der Waals surface area contributed by atoms with Gasteiger partial charge in [-0.25, -0.2) is 8.42 Å². The molecule has 2 atom stereocenters. The van der Waals surface area contributed by atoms with Crippen LogP contribution in [0.5, 0.6) is 0 Å². The van der Waals surface area contributed by atoms with Gasteiger partial charge in [0.1, 0.15) is 0 Å². The van der Waals surface area contributed by atoms with Crippen LogP contribution in [0.25, 0.3) is 0 Å². The predicted molar refractivity (Wildman–Crippen MR) is 80.2 cm³/mol. The maximum absolute atomic E-state index is 11.8. The summed E-state index contributed by atoms with van der Waals surface area (Å²) in [5.74, 6) is 0.396. The van der Waals surface area contributed by atoms with Crippen molar-refractivity contribution in [2.75, 3.05) is 23.5 Å². The Balaban J connectivity index is 2.01. The highest BCUT2D eigenvalue weighted by Gasteiger charge is 2.50. The van der Waals surface area contributed by atoms with Crippen molar-refractivity contribution in [2.45, 2.75) is 19.0 Å². The first-order valence-electron chi connectivity index (χ1n) is 6.22. The van der Waals surface area contributed by atoms with Gasteiger partial charge >= 0.3 is 0 Å². The number of anilines is 1. The van der Waals surface area contributed by atoms with E-state index in [1.807, 2.05) is 48.0 Å². The Hall–Kier alpha value is -1.14. The number of likely N-dealkylation sites (N-methyl/N-ethyl adjacent to an activating group) is 1. The molecule has 2 aliphatic rings. The Bertz CT molecular complexity index is 625. The second-order valence-electron chi connectivity index (χ2n) is 5.31. The largest absolute Gasteiger partial charge is 0.346 e. The van der Waals surface area contributed by atoms with Crippen molar-refractivity contribution in [2.24, 2.45) is 0 Å². The van der Waals surface area contributed by atoms with Crippen LogP contribution in [-0.4, -0.2) is 49.1 Å². The van der Waals surface area contributed by atoms with Gasteiger partial charge < -0.3 is 9.80 Å². The average molecular weight is 296 g/mol. The highest BCUT2D eigenvalue weighted by molar-refractivity contribution is 7.91. The van der Waals surface area contributed by atoms with Crippen LogP contribution >= 0.6 is 12.2 Å². The first-order chi connectivity index (χ1) is 8.89. The van der Waals surface area contributed by atoms with Crippen LogP contribution in [0.2, 0.25) is 0 Å². The number of benzene rings is 1. The minimum Gasteiger partial charge on any atom is -0.346 e. The molecule has 0 N–H and O–H groups in total. The summed E-state index contributed by atoms with van der Waals surface area (Å²) < 4.78 is 23.7. The van der Waals surface area contributed by atoms with Gasteiger partial charge in [0.2, 0.25) is 0 Å². The number of rotatable bonds is 1. The van der Waals surface area contributed by atoms with E-state index in [9.17, 15) is 8.42 Å². The predicted octanol–water partition coefficient (Wildman–Crippen LogP) is 1.20. The molecule has 3 rings (SSSR count). The van der Waals surface area contributed by atoms with Crippen molar-refractivity contribution in [1.82, 2.24) is 4.90 Å². The molecule has 0 aliphatic carbocycles. The summed E-state index contributed by atoms with van der Waals surface area (Å²) in [5.41, 5.74) is 2.16. The lowest BCUT2D eigenvalue weighted by Crippen LogP contribution is -2.36. The Kier molecular flexibility index (Phi) is 2.83. The molecule has 2 saturated heterocycles. The molecule has 1 aromatic carbocycles. The third-order valence-corrected chi connectivity index (χ3v) is 6.13. The van der Waals surface area contributed by atoms with E-state index >= 15 is 0 Å². The summed E-state index contributed by atoms with van der Waals surface area (Å²) in [6, 6.07) is 7.98. The highest BCUT2D eigenvalue weighted by atomic mass is 32.2. The lowest BCUT2D eigenvalue weighted by Gasteiger charge is -2.24. The van der Waals surface area contributed by atoms with Crippen LogP contribution in [0.4, 0.5) is 5.69 Å². The molecule has 2 fully saturated rings. The fourth-order valence-corrected chi connectivity index (χ4v) is 5.26. The maximum atomic E-state index is 11.8. The third-order valence-electron chi connectivity index (χ3n) is 3.94. The van der Waals surface area contributed by atoms with E-state index in [0.717, 1.165) is 5.69 Å². The van der Waals surface area contributed by atoms with Crippen LogP contribution < -0.4 is 4.90 Å². The summed E-state index contributed by atoms with van der Waals surface area (Å²) in [6.07, 6.45) is 0. The summed E-state index contributed by atoms with van der Waals surface area (Å²) in [6.45, 7) is 2.03. The van der Waals surface area contributed by atoms with Gasteiger partial charge in [0.25, 0.3) is 0 Å². The van der Waals surface area contributed by atoms with Gasteiger partial charge in [-0.3, -0.25) is 0 Å². The minimum absolute atomic E-state index is 0.0150. The van der Waals surface area contributed by atoms with Gasteiger partial charge in [-0.2, -0.15) is 0 Å². The lowest BCUT2D eigenvalue weighted by molar-refractivity contribution is 0.420. The summed E-state index contributed by atoms with van der Waals surface area (Å²) in [4.78, 5) is 3.91. The second-order valence-corrected chi connectivity index (χ2v) is 7.83. The monoisotopic (exact) mass is 296 g/mol. The maximum Gasteiger partial charge on any atom is 0.176 e. The van der Waals surface area contributed by atoms with Gasteiger partial charge in [-0.1, -0.05) is 17.7 Å². The number of sulfone groups is 1. The Morgan fingerprint density at radius 2 is 1.74 bits per heavy atom. The Labute approximate surface area is 118 Å². The summed E-state index contributed by atoms with van der Waals surface area (Å²) in [7, 11) is -1.07. The molecule has 0 saturated carbocycles. The van der Waals surface area contributed by atoms with Crippen molar-refractivity contribution in [1.29, 1.82) is 0 Å². The van der Waals surface area contributed by atoms with Crippen LogP contribution in [0.3, 0.4) is 0 Å². The van der Waals surface area contributed by atoms with E-state index in [1.54, 1.807) is 0 Å². The van der Waals surface area contributed by atoms with Crippen LogP contribution in [0.1, 0.15) is 5.56 Å². The smallest absolute Gasteiger partial charge is 0.176 e. The van der Waals surface area contributed by atoms with E-state index in [0.29, 0.717) is 5.11 Å². The van der Waals surface area contributed by atoms with E-state index in [4.69, 9.17) is 12.2 Å². The number of thiocarbonyl (C=S) groups is 1. The topological polar surface area (TPSA) is 40.6 Å². The molecule has 0 spiro atoms. The zero-order valence-electron chi connectivity index (χ0n) is 10.9. The average Bonchev–Trinajstić information content (AvgIpc) is 2.76. The number of aryl methyl sites for hydroxylation is 1. The normalized spacial score (nSPS) is 28.8. The van der Waals surface area contributed by atoms with E-state index in [-0.39, 0.29) is 23.6 Å². The first-order valence-corrected chi connectivity index (χ1v) is 8.45.